The Labute approximate surface area is 168 Å². The van der Waals surface area contributed by atoms with Gasteiger partial charge in [-0.2, -0.15) is 0 Å². The number of aliphatic hydroxyl groups excluding tert-OH is 1. The zero-order valence-electron chi connectivity index (χ0n) is 17.0. The van der Waals surface area contributed by atoms with Crippen molar-refractivity contribution in [3.8, 4) is 0 Å². The number of carbonyl (C=O) groups is 1. The lowest BCUT2D eigenvalue weighted by Crippen LogP contribution is -2.49. The Morgan fingerprint density at radius 2 is 1.61 bits per heavy atom. The Hall–Kier alpha value is -1.40. The summed E-state index contributed by atoms with van der Waals surface area (Å²) < 4.78 is 5.70. The first kappa shape index (κ1) is 19.9. The second-order valence-corrected chi connectivity index (χ2v) is 8.84. The van der Waals surface area contributed by atoms with Crippen LogP contribution in [0.1, 0.15) is 105 Å². The topological polar surface area (TPSA) is 78.6 Å². The molecular weight excluding hydrogens is 354 g/mol. The van der Waals surface area contributed by atoms with Gasteiger partial charge in [-0.05, 0) is 38.5 Å². The summed E-state index contributed by atoms with van der Waals surface area (Å²) in [5, 5.41) is 16.6. The molecule has 0 aliphatic heterocycles. The van der Waals surface area contributed by atoms with Gasteiger partial charge >= 0.3 is 0 Å². The molecule has 6 nitrogen and oxygen atoms in total. The summed E-state index contributed by atoms with van der Waals surface area (Å²) in [5.41, 5.74) is 1.45. The highest BCUT2D eigenvalue weighted by Crippen LogP contribution is 2.43. The number of hydrogen-bond donors (Lipinski definition) is 2. The van der Waals surface area contributed by atoms with E-state index in [1.54, 1.807) is 0 Å². The van der Waals surface area contributed by atoms with Gasteiger partial charge in [0.05, 0.1) is 6.61 Å². The van der Waals surface area contributed by atoms with E-state index in [4.69, 9.17) is 9.63 Å². The van der Waals surface area contributed by atoms with E-state index in [0.717, 1.165) is 49.8 Å². The van der Waals surface area contributed by atoms with Crippen LogP contribution in [-0.4, -0.2) is 46.3 Å². The van der Waals surface area contributed by atoms with Gasteiger partial charge in [0.2, 0.25) is 0 Å². The van der Waals surface area contributed by atoms with Gasteiger partial charge in [0.1, 0.15) is 5.76 Å². The molecule has 1 aromatic rings. The van der Waals surface area contributed by atoms with Crippen LogP contribution >= 0.6 is 0 Å². The third kappa shape index (κ3) is 4.43. The van der Waals surface area contributed by atoms with Crippen LogP contribution in [0.2, 0.25) is 0 Å². The molecule has 0 unspecified atom stereocenters. The highest BCUT2D eigenvalue weighted by molar-refractivity contribution is 5.94. The third-order valence-electron chi connectivity index (χ3n) is 6.73. The van der Waals surface area contributed by atoms with Gasteiger partial charge in [-0.3, -0.25) is 4.79 Å². The highest BCUT2D eigenvalue weighted by atomic mass is 16.5. The van der Waals surface area contributed by atoms with Crippen molar-refractivity contribution in [2.75, 3.05) is 13.2 Å². The van der Waals surface area contributed by atoms with Crippen LogP contribution < -0.4 is 5.32 Å². The zero-order chi connectivity index (χ0) is 19.3. The van der Waals surface area contributed by atoms with Crippen molar-refractivity contribution < 1.29 is 14.4 Å². The van der Waals surface area contributed by atoms with Crippen molar-refractivity contribution in [1.82, 2.24) is 15.4 Å². The summed E-state index contributed by atoms with van der Waals surface area (Å²) in [6, 6.07) is 0.701. The first-order valence-corrected chi connectivity index (χ1v) is 11.4. The van der Waals surface area contributed by atoms with Crippen molar-refractivity contribution in [2.24, 2.45) is 0 Å². The third-order valence-corrected chi connectivity index (χ3v) is 6.73. The van der Waals surface area contributed by atoms with E-state index in [0.29, 0.717) is 36.8 Å². The minimum Gasteiger partial charge on any atom is -0.395 e. The predicted octanol–water partition coefficient (Wildman–Crippen LogP) is 3.74. The van der Waals surface area contributed by atoms with Crippen molar-refractivity contribution in [3.05, 3.63) is 17.0 Å². The van der Waals surface area contributed by atoms with E-state index >= 15 is 0 Å². The first-order valence-electron chi connectivity index (χ1n) is 11.4. The summed E-state index contributed by atoms with van der Waals surface area (Å²) in [4.78, 5) is 16.0. The quantitative estimate of drug-likeness (QED) is 0.662. The molecule has 1 amide bonds. The normalized spacial score (nSPS) is 21.8. The molecule has 1 aromatic heterocycles. The van der Waals surface area contributed by atoms with Crippen LogP contribution in [0.5, 0.6) is 0 Å². The molecule has 3 fully saturated rings. The lowest BCUT2D eigenvalue weighted by atomic mass is 9.88. The number of rotatable bonds is 8. The van der Waals surface area contributed by atoms with Gasteiger partial charge in [-0.25, -0.2) is 0 Å². The molecule has 3 aliphatic carbocycles. The fraction of sp³-hybridized carbons (Fsp3) is 0.818. The minimum atomic E-state index is 0.0789. The summed E-state index contributed by atoms with van der Waals surface area (Å²) in [7, 11) is 0. The minimum absolute atomic E-state index is 0.0789. The van der Waals surface area contributed by atoms with Crippen molar-refractivity contribution in [3.63, 3.8) is 0 Å². The molecule has 28 heavy (non-hydrogen) atoms. The van der Waals surface area contributed by atoms with Crippen LogP contribution in [0, 0.1) is 0 Å². The van der Waals surface area contributed by atoms with Gasteiger partial charge in [0.25, 0.3) is 5.91 Å². The maximum atomic E-state index is 13.8. The second-order valence-electron chi connectivity index (χ2n) is 8.84. The molecule has 0 spiro atoms. The predicted molar refractivity (Wildman–Crippen MR) is 107 cm³/mol. The van der Waals surface area contributed by atoms with Gasteiger partial charge < -0.3 is 19.8 Å². The monoisotopic (exact) mass is 389 g/mol. The van der Waals surface area contributed by atoms with Crippen LogP contribution in [0.25, 0.3) is 0 Å². The Balaban J connectivity index is 1.59. The molecule has 3 saturated carbocycles. The average molecular weight is 390 g/mol. The number of carbonyl (C=O) groups excluding carboxylic acids is 1. The number of hydrogen-bond acceptors (Lipinski definition) is 5. The van der Waals surface area contributed by atoms with Crippen molar-refractivity contribution in [1.29, 1.82) is 0 Å². The lowest BCUT2D eigenvalue weighted by Gasteiger charge is -2.41. The maximum Gasteiger partial charge on any atom is 0.276 e. The number of amides is 1. The van der Waals surface area contributed by atoms with Crippen LogP contribution in [0.4, 0.5) is 0 Å². The van der Waals surface area contributed by atoms with Gasteiger partial charge in [0, 0.05) is 36.7 Å². The molecule has 1 heterocycles. The summed E-state index contributed by atoms with van der Waals surface area (Å²) >= 11 is 0. The highest BCUT2D eigenvalue weighted by Gasteiger charge is 2.38. The van der Waals surface area contributed by atoms with E-state index in [-0.39, 0.29) is 12.5 Å². The van der Waals surface area contributed by atoms with Crippen LogP contribution in [0.15, 0.2) is 4.52 Å². The maximum absolute atomic E-state index is 13.8. The smallest absolute Gasteiger partial charge is 0.276 e. The Kier molecular flexibility index (Phi) is 6.68. The van der Waals surface area contributed by atoms with Crippen molar-refractivity contribution in [2.45, 2.75) is 102 Å². The number of aromatic nitrogens is 1. The van der Waals surface area contributed by atoms with E-state index in [1.165, 1.54) is 38.5 Å². The first-order chi connectivity index (χ1) is 13.8. The summed E-state index contributed by atoms with van der Waals surface area (Å²) in [6.45, 7) is 1.14. The van der Waals surface area contributed by atoms with Gasteiger partial charge in [-0.1, -0.05) is 43.7 Å². The molecule has 0 radical (unpaired) electrons. The lowest BCUT2D eigenvalue weighted by molar-refractivity contribution is 0.0437. The molecule has 4 rings (SSSR count). The fourth-order valence-electron chi connectivity index (χ4n) is 5.09. The SMILES string of the molecule is O=C(c1noc(C2CC2)c1CNCCO)N(C1CCCCC1)C1CCCCC1. The van der Waals surface area contributed by atoms with E-state index in [1.807, 2.05) is 0 Å². The largest absolute Gasteiger partial charge is 0.395 e. The van der Waals surface area contributed by atoms with E-state index < -0.39 is 0 Å². The molecule has 156 valence electrons. The Bertz CT molecular complexity index is 625. The molecule has 0 atom stereocenters. The number of nitrogens with zero attached hydrogens (tertiary/aromatic N) is 2. The fourth-order valence-corrected chi connectivity index (χ4v) is 5.09. The molecule has 3 aliphatic rings. The second kappa shape index (κ2) is 9.40. The van der Waals surface area contributed by atoms with Gasteiger partial charge in [-0.15, -0.1) is 0 Å². The Morgan fingerprint density at radius 3 is 2.14 bits per heavy atom. The number of aliphatic hydroxyl groups is 1. The molecule has 6 heteroatoms. The van der Waals surface area contributed by atoms with Crippen LogP contribution in [-0.2, 0) is 6.54 Å². The number of nitrogens with one attached hydrogen (secondary N) is 1. The molecule has 0 saturated heterocycles. The van der Waals surface area contributed by atoms with Crippen molar-refractivity contribution >= 4 is 5.91 Å². The molecular formula is C22H35N3O3. The average Bonchev–Trinajstić information content (AvgIpc) is 3.50. The molecule has 0 aromatic carbocycles. The van der Waals surface area contributed by atoms with E-state index in [9.17, 15) is 4.79 Å². The standard InChI is InChI=1S/C22H35N3O3/c26-14-13-23-15-19-20(24-28-21(19)16-11-12-16)22(27)25(17-7-3-1-4-8-17)18-9-5-2-6-10-18/h16-18,23,26H,1-15H2. The summed E-state index contributed by atoms with van der Waals surface area (Å²) in [5.74, 6) is 1.38. The molecule has 2 N–H and O–H groups in total. The van der Waals surface area contributed by atoms with Gasteiger partial charge in [0.15, 0.2) is 5.69 Å². The summed E-state index contributed by atoms with van der Waals surface area (Å²) in [6.07, 6.45) is 14.2. The Morgan fingerprint density at radius 1 is 1.00 bits per heavy atom. The van der Waals surface area contributed by atoms with Crippen LogP contribution in [0.3, 0.4) is 0 Å². The molecule has 0 bridgehead atoms. The van der Waals surface area contributed by atoms with E-state index in [2.05, 4.69) is 15.4 Å². The zero-order valence-corrected chi connectivity index (χ0v) is 17.0.